The molecule has 1 amide bonds. The number of hydrogen-bond acceptors (Lipinski definition) is 5. The number of aliphatic carboxylic acids is 1. The van der Waals surface area contributed by atoms with Crippen molar-refractivity contribution in [2.75, 3.05) is 6.67 Å². The number of nitrogens with one attached hydrogen (secondary N) is 3. The predicted octanol–water partition coefficient (Wildman–Crippen LogP) is 0.346. The second-order valence-corrected chi connectivity index (χ2v) is 4.97. The number of carboxylic acid groups (broad SMARTS) is 1. The van der Waals surface area contributed by atoms with Crippen LogP contribution < -0.4 is 16.0 Å². The van der Waals surface area contributed by atoms with Gasteiger partial charge in [0.15, 0.2) is 0 Å². The van der Waals surface area contributed by atoms with Crippen LogP contribution in [0.25, 0.3) is 0 Å². The molecule has 0 fully saturated rings. The van der Waals surface area contributed by atoms with Crippen LogP contribution in [0.4, 0.5) is 4.79 Å². The van der Waals surface area contributed by atoms with Gasteiger partial charge >= 0.3 is 12.1 Å². The molecule has 0 saturated carbocycles. The number of amides is 1. The first-order chi connectivity index (χ1) is 8.28. The highest BCUT2D eigenvalue weighted by atomic mass is 16.6. The van der Waals surface area contributed by atoms with Crippen LogP contribution in [0.1, 0.15) is 27.2 Å². The van der Waals surface area contributed by atoms with Crippen LogP contribution in [0.2, 0.25) is 0 Å². The van der Waals surface area contributed by atoms with E-state index in [0.29, 0.717) is 6.67 Å². The zero-order chi connectivity index (χ0) is 13.8. The summed E-state index contributed by atoms with van der Waals surface area (Å²) in [6.45, 7) is 5.71. The van der Waals surface area contributed by atoms with Crippen LogP contribution in [-0.4, -0.2) is 35.5 Å². The van der Waals surface area contributed by atoms with E-state index in [1.165, 1.54) is 0 Å². The van der Waals surface area contributed by atoms with E-state index in [0.717, 1.165) is 5.70 Å². The number of hydrogen-bond donors (Lipinski definition) is 4. The summed E-state index contributed by atoms with van der Waals surface area (Å²) < 4.78 is 5.01. The second kappa shape index (κ2) is 5.61. The van der Waals surface area contributed by atoms with Gasteiger partial charge in [-0.1, -0.05) is 0 Å². The Hall–Kier alpha value is -1.92. The van der Waals surface area contributed by atoms with Gasteiger partial charge in [0.25, 0.3) is 0 Å². The van der Waals surface area contributed by atoms with Crippen LogP contribution in [0.5, 0.6) is 0 Å². The first-order valence-corrected chi connectivity index (χ1v) is 5.66. The highest BCUT2D eigenvalue weighted by molar-refractivity contribution is 5.80. The maximum absolute atomic E-state index is 11.5. The molecule has 0 radical (unpaired) electrons. The Kier molecular flexibility index (Phi) is 4.41. The summed E-state index contributed by atoms with van der Waals surface area (Å²) in [5, 5.41) is 17.2. The standard InChI is InChI=1S/C11H19N3O4/c1-11(2,3)18-10(17)14-8(9(15)16)4-7-5-12-6-13-7/h5,8,12-13H,4,6H2,1-3H3,(H,14,17)(H,15,16)/t8-/m0/s1. The van der Waals surface area contributed by atoms with Crippen molar-refractivity contribution in [1.82, 2.24) is 16.0 Å². The summed E-state index contributed by atoms with van der Waals surface area (Å²) in [6, 6.07) is -1.02. The van der Waals surface area contributed by atoms with Crippen LogP contribution >= 0.6 is 0 Å². The maximum Gasteiger partial charge on any atom is 0.408 e. The molecule has 0 aromatic carbocycles. The summed E-state index contributed by atoms with van der Waals surface area (Å²) in [5.74, 6) is -1.10. The number of ether oxygens (including phenoxy) is 1. The first kappa shape index (κ1) is 14.1. The Morgan fingerprint density at radius 1 is 1.56 bits per heavy atom. The van der Waals surface area contributed by atoms with E-state index >= 15 is 0 Å². The molecule has 1 aliphatic rings. The van der Waals surface area contributed by atoms with Crippen molar-refractivity contribution in [3.8, 4) is 0 Å². The van der Waals surface area contributed by atoms with Gasteiger partial charge in [0, 0.05) is 18.3 Å². The third-order valence-electron chi connectivity index (χ3n) is 2.11. The lowest BCUT2D eigenvalue weighted by Gasteiger charge is -2.22. The van der Waals surface area contributed by atoms with Crippen LogP contribution in [-0.2, 0) is 9.53 Å². The minimum absolute atomic E-state index is 0.182. The molecule has 0 bridgehead atoms. The number of rotatable bonds is 4. The average molecular weight is 257 g/mol. The molecule has 1 atom stereocenters. The Morgan fingerprint density at radius 3 is 2.67 bits per heavy atom. The summed E-state index contributed by atoms with van der Waals surface area (Å²) in [4.78, 5) is 22.5. The Labute approximate surface area is 106 Å². The van der Waals surface area contributed by atoms with Crippen LogP contribution in [0.15, 0.2) is 11.9 Å². The molecule has 0 aliphatic carbocycles. The Bertz CT molecular complexity index is 360. The zero-order valence-corrected chi connectivity index (χ0v) is 10.7. The first-order valence-electron chi connectivity index (χ1n) is 5.66. The molecule has 7 heteroatoms. The highest BCUT2D eigenvalue weighted by Crippen LogP contribution is 2.09. The number of carbonyl (C=O) groups excluding carboxylic acids is 1. The predicted molar refractivity (Wildman–Crippen MR) is 64.6 cm³/mol. The van der Waals surface area contributed by atoms with Gasteiger partial charge in [0.05, 0.1) is 6.67 Å². The van der Waals surface area contributed by atoms with E-state index in [2.05, 4.69) is 16.0 Å². The van der Waals surface area contributed by atoms with Crippen molar-refractivity contribution < 1.29 is 19.4 Å². The van der Waals surface area contributed by atoms with Gasteiger partial charge in [0.1, 0.15) is 11.6 Å². The molecule has 1 heterocycles. The highest BCUT2D eigenvalue weighted by Gasteiger charge is 2.25. The van der Waals surface area contributed by atoms with Crippen LogP contribution in [0.3, 0.4) is 0 Å². The molecule has 0 unspecified atom stereocenters. The summed E-state index contributed by atoms with van der Waals surface area (Å²) in [5.41, 5.74) is 0.0815. The Morgan fingerprint density at radius 2 is 2.22 bits per heavy atom. The lowest BCUT2D eigenvalue weighted by molar-refractivity contribution is -0.139. The molecular weight excluding hydrogens is 238 g/mol. The minimum atomic E-state index is -1.10. The normalized spacial score (nSPS) is 16.1. The molecule has 102 valence electrons. The van der Waals surface area contributed by atoms with Gasteiger partial charge in [-0.2, -0.15) is 0 Å². The molecule has 18 heavy (non-hydrogen) atoms. The molecular formula is C11H19N3O4. The maximum atomic E-state index is 11.5. The minimum Gasteiger partial charge on any atom is -0.480 e. The molecule has 7 nitrogen and oxygen atoms in total. The van der Waals surface area contributed by atoms with Gasteiger partial charge in [-0.25, -0.2) is 9.59 Å². The monoisotopic (exact) mass is 257 g/mol. The summed E-state index contributed by atoms with van der Waals surface area (Å²) >= 11 is 0. The fourth-order valence-electron chi connectivity index (χ4n) is 1.39. The SMILES string of the molecule is CC(C)(C)OC(=O)N[C@@H](CC1=CNCN1)C(=O)O. The molecule has 1 rings (SSSR count). The lowest BCUT2D eigenvalue weighted by atomic mass is 10.1. The fourth-order valence-corrected chi connectivity index (χ4v) is 1.39. The van der Waals surface area contributed by atoms with Gasteiger partial charge in [-0.05, 0) is 20.8 Å². The van der Waals surface area contributed by atoms with Crippen molar-refractivity contribution >= 4 is 12.1 Å². The molecule has 0 spiro atoms. The summed E-state index contributed by atoms with van der Waals surface area (Å²) in [7, 11) is 0. The third kappa shape index (κ3) is 4.94. The van der Waals surface area contributed by atoms with Gasteiger partial charge in [0.2, 0.25) is 0 Å². The van der Waals surface area contributed by atoms with Crippen LogP contribution in [0, 0.1) is 0 Å². The van der Waals surface area contributed by atoms with E-state index in [9.17, 15) is 9.59 Å². The van der Waals surface area contributed by atoms with Crippen molar-refractivity contribution in [3.63, 3.8) is 0 Å². The molecule has 1 aliphatic heterocycles. The van der Waals surface area contributed by atoms with Crippen molar-refractivity contribution in [3.05, 3.63) is 11.9 Å². The largest absolute Gasteiger partial charge is 0.480 e. The topological polar surface area (TPSA) is 99.7 Å². The quantitative estimate of drug-likeness (QED) is 0.580. The number of carbonyl (C=O) groups is 2. The Balaban J connectivity index is 2.52. The molecule has 0 aromatic heterocycles. The van der Waals surface area contributed by atoms with Crippen molar-refractivity contribution in [2.45, 2.75) is 38.8 Å². The van der Waals surface area contributed by atoms with Gasteiger partial charge < -0.3 is 25.8 Å². The summed E-state index contributed by atoms with van der Waals surface area (Å²) in [6.07, 6.45) is 1.13. The third-order valence-corrected chi connectivity index (χ3v) is 2.11. The zero-order valence-electron chi connectivity index (χ0n) is 10.7. The number of carboxylic acids is 1. The van der Waals surface area contributed by atoms with Gasteiger partial charge in [-0.15, -0.1) is 0 Å². The lowest BCUT2D eigenvalue weighted by Crippen LogP contribution is -2.44. The van der Waals surface area contributed by atoms with E-state index in [1.54, 1.807) is 27.0 Å². The number of alkyl carbamates (subject to hydrolysis) is 1. The molecule has 4 N–H and O–H groups in total. The van der Waals surface area contributed by atoms with E-state index in [4.69, 9.17) is 9.84 Å². The molecule has 0 aromatic rings. The smallest absolute Gasteiger partial charge is 0.408 e. The van der Waals surface area contributed by atoms with E-state index in [1.807, 2.05) is 0 Å². The molecule has 0 saturated heterocycles. The average Bonchev–Trinajstić information content (AvgIpc) is 2.66. The van der Waals surface area contributed by atoms with E-state index < -0.39 is 23.7 Å². The van der Waals surface area contributed by atoms with E-state index in [-0.39, 0.29) is 6.42 Å². The van der Waals surface area contributed by atoms with Crippen molar-refractivity contribution in [1.29, 1.82) is 0 Å². The van der Waals surface area contributed by atoms with Gasteiger partial charge in [-0.3, -0.25) is 0 Å². The fraction of sp³-hybridized carbons (Fsp3) is 0.636. The van der Waals surface area contributed by atoms with Crippen molar-refractivity contribution in [2.24, 2.45) is 0 Å². The second-order valence-electron chi connectivity index (χ2n) is 4.97.